The third-order valence-corrected chi connectivity index (χ3v) is 3.51. The van der Waals surface area contributed by atoms with Crippen molar-refractivity contribution in [1.29, 1.82) is 0 Å². The summed E-state index contributed by atoms with van der Waals surface area (Å²) in [4.78, 5) is 2.12. The highest BCUT2D eigenvalue weighted by molar-refractivity contribution is 9.10. The van der Waals surface area contributed by atoms with Crippen molar-refractivity contribution in [1.82, 2.24) is 0 Å². The van der Waals surface area contributed by atoms with Gasteiger partial charge in [0.15, 0.2) is 0 Å². The molecule has 4 heteroatoms. The van der Waals surface area contributed by atoms with Crippen LogP contribution < -0.4 is 15.4 Å². The van der Waals surface area contributed by atoms with Crippen molar-refractivity contribution in [2.75, 3.05) is 24.8 Å². The fourth-order valence-electron chi connectivity index (χ4n) is 2.00. The molecule has 0 aliphatic rings. The fourth-order valence-corrected chi connectivity index (χ4v) is 2.37. The van der Waals surface area contributed by atoms with Crippen LogP contribution in [0, 0.1) is 0 Å². The summed E-state index contributed by atoms with van der Waals surface area (Å²) >= 11 is 3.42. The van der Waals surface area contributed by atoms with E-state index in [1.165, 1.54) is 0 Å². The van der Waals surface area contributed by atoms with Crippen molar-refractivity contribution in [2.24, 2.45) is 0 Å². The van der Waals surface area contributed by atoms with E-state index in [2.05, 4.69) is 20.8 Å². The second-order valence-corrected chi connectivity index (χ2v) is 5.29. The Morgan fingerprint density at radius 3 is 2.63 bits per heavy atom. The SMILES string of the molecule is COc1ccccc1N(C)Cc1ccc(Br)cc1N. The molecule has 0 fully saturated rings. The van der Waals surface area contributed by atoms with Gasteiger partial charge in [0.05, 0.1) is 12.8 Å². The number of hydrogen-bond acceptors (Lipinski definition) is 3. The molecule has 0 aliphatic heterocycles. The molecular weight excluding hydrogens is 304 g/mol. The highest BCUT2D eigenvalue weighted by atomic mass is 79.9. The van der Waals surface area contributed by atoms with Gasteiger partial charge < -0.3 is 15.4 Å². The van der Waals surface area contributed by atoms with Gasteiger partial charge in [-0.15, -0.1) is 0 Å². The van der Waals surface area contributed by atoms with Gasteiger partial charge in [0.2, 0.25) is 0 Å². The van der Waals surface area contributed by atoms with Gasteiger partial charge in [-0.05, 0) is 29.8 Å². The predicted octanol–water partition coefficient (Wildman–Crippen LogP) is 3.68. The Bertz CT molecular complexity index is 572. The number of halogens is 1. The van der Waals surface area contributed by atoms with Gasteiger partial charge in [-0.1, -0.05) is 34.1 Å². The van der Waals surface area contributed by atoms with Gasteiger partial charge in [0, 0.05) is 23.8 Å². The molecule has 0 radical (unpaired) electrons. The van der Waals surface area contributed by atoms with Crippen LogP contribution >= 0.6 is 15.9 Å². The predicted molar refractivity (Wildman–Crippen MR) is 83.7 cm³/mol. The molecule has 0 aromatic heterocycles. The van der Waals surface area contributed by atoms with Crippen molar-refractivity contribution in [3.05, 3.63) is 52.5 Å². The maximum Gasteiger partial charge on any atom is 0.142 e. The van der Waals surface area contributed by atoms with Crippen molar-refractivity contribution >= 4 is 27.3 Å². The normalized spacial score (nSPS) is 10.3. The summed E-state index contributed by atoms with van der Waals surface area (Å²) in [6.07, 6.45) is 0. The Kier molecular flexibility index (Phi) is 4.32. The molecule has 2 rings (SSSR count). The summed E-state index contributed by atoms with van der Waals surface area (Å²) in [5.74, 6) is 0.862. The van der Waals surface area contributed by atoms with E-state index >= 15 is 0 Å². The van der Waals surface area contributed by atoms with E-state index in [4.69, 9.17) is 10.5 Å². The summed E-state index contributed by atoms with van der Waals surface area (Å²) < 4.78 is 6.37. The number of hydrogen-bond donors (Lipinski definition) is 1. The zero-order valence-electron chi connectivity index (χ0n) is 11.1. The number of anilines is 2. The van der Waals surface area contributed by atoms with Crippen LogP contribution in [-0.2, 0) is 6.54 Å². The van der Waals surface area contributed by atoms with Gasteiger partial charge in [-0.2, -0.15) is 0 Å². The Balaban J connectivity index is 2.23. The first-order chi connectivity index (χ1) is 9.11. The first kappa shape index (κ1) is 13.7. The van der Waals surface area contributed by atoms with Crippen LogP contribution in [0.4, 0.5) is 11.4 Å². The summed E-state index contributed by atoms with van der Waals surface area (Å²) in [6, 6.07) is 13.9. The molecule has 0 saturated carbocycles. The quantitative estimate of drug-likeness (QED) is 0.873. The number of para-hydroxylation sites is 2. The minimum Gasteiger partial charge on any atom is -0.495 e. The van der Waals surface area contributed by atoms with Crippen LogP contribution in [0.15, 0.2) is 46.9 Å². The van der Waals surface area contributed by atoms with Crippen LogP contribution in [0.1, 0.15) is 5.56 Å². The van der Waals surface area contributed by atoms with Crippen molar-refractivity contribution in [3.8, 4) is 5.75 Å². The second-order valence-electron chi connectivity index (χ2n) is 4.37. The summed E-state index contributed by atoms with van der Waals surface area (Å²) in [5.41, 5.74) is 8.96. The molecule has 0 atom stereocenters. The second kappa shape index (κ2) is 5.97. The number of methoxy groups -OCH3 is 1. The Morgan fingerprint density at radius 1 is 1.21 bits per heavy atom. The van der Waals surface area contributed by atoms with Crippen molar-refractivity contribution in [2.45, 2.75) is 6.54 Å². The molecule has 2 aromatic carbocycles. The maximum atomic E-state index is 6.03. The molecule has 0 heterocycles. The minimum absolute atomic E-state index is 0.736. The molecule has 0 unspecified atom stereocenters. The molecule has 100 valence electrons. The Hall–Kier alpha value is -1.68. The number of ether oxygens (including phenoxy) is 1. The number of rotatable bonds is 4. The summed E-state index contributed by atoms with van der Waals surface area (Å²) in [6.45, 7) is 0.736. The lowest BCUT2D eigenvalue weighted by Gasteiger charge is -2.22. The molecule has 0 spiro atoms. The molecule has 0 amide bonds. The molecule has 2 aromatic rings. The number of nitrogens with zero attached hydrogens (tertiary/aromatic N) is 1. The number of benzene rings is 2. The van der Waals surface area contributed by atoms with E-state index in [9.17, 15) is 0 Å². The van der Waals surface area contributed by atoms with Crippen LogP contribution in [-0.4, -0.2) is 14.2 Å². The molecular formula is C15H17BrN2O. The zero-order valence-corrected chi connectivity index (χ0v) is 12.6. The first-order valence-electron chi connectivity index (χ1n) is 6.00. The topological polar surface area (TPSA) is 38.5 Å². The summed E-state index contributed by atoms with van der Waals surface area (Å²) in [7, 11) is 3.71. The molecule has 3 nitrogen and oxygen atoms in total. The maximum absolute atomic E-state index is 6.03. The van der Waals surface area contributed by atoms with Gasteiger partial charge in [-0.3, -0.25) is 0 Å². The van der Waals surface area contributed by atoms with Gasteiger partial charge >= 0.3 is 0 Å². The highest BCUT2D eigenvalue weighted by Gasteiger charge is 2.09. The molecule has 19 heavy (non-hydrogen) atoms. The molecule has 0 saturated heterocycles. The van der Waals surface area contributed by atoms with Gasteiger partial charge in [0.25, 0.3) is 0 Å². The first-order valence-corrected chi connectivity index (χ1v) is 6.79. The van der Waals surface area contributed by atoms with E-state index in [0.29, 0.717) is 0 Å². The third kappa shape index (κ3) is 3.20. The van der Waals surface area contributed by atoms with Crippen LogP contribution in [0.5, 0.6) is 5.75 Å². The van der Waals surface area contributed by atoms with E-state index < -0.39 is 0 Å². The number of nitrogen functional groups attached to an aromatic ring is 1. The minimum atomic E-state index is 0.736. The number of nitrogens with two attached hydrogens (primary N) is 1. The van der Waals surface area contributed by atoms with E-state index in [0.717, 1.165) is 33.7 Å². The fraction of sp³-hybridized carbons (Fsp3) is 0.200. The Labute approximate surface area is 122 Å². The van der Waals surface area contributed by atoms with E-state index in [1.54, 1.807) is 7.11 Å². The average molecular weight is 321 g/mol. The lowest BCUT2D eigenvalue weighted by atomic mass is 10.1. The standard InChI is InChI=1S/C15H17BrN2O/c1-18(14-5-3-4-6-15(14)19-2)10-11-7-8-12(16)9-13(11)17/h3-9H,10,17H2,1-2H3. The monoisotopic (exact) mass is 320 g/mol. The molecule has 2 N–H and O–H groups in total. The van der Waals surface area contributed by atoms with E-state index in [-0.39, 0.29) is 0 Å². The Morgan fingerprint density at radius 2 is 1.95 bits per heavy atom. The van der Waals surface area contributed by atoms with Crippen molar-refractivity contribution in [3.63, 3.8) is 0 Å². The smallest absolute Gasteiger partial charge is 0.142 e. The van der Waals surface area contributed by atoms with Gasteiger partial charge in [-0.25, -0.2) is 0 Å². The molecule has 0 bridgehead atoms. The largest absolute Gasteiger partial charge is 0.495 e. The van der Waals surface area contributed by atoms with Crippen LogP contribution in [0.3, 0.4) is 0 Å². The average Bonchev–Trinajstić information content (AvgIpc) is 2.41. The lowest BCUT2D eigenvalue weighted by Crippen LogP contribution is -2.18. The van der Waals surface area contributed by atoms with Crippen LogP contribution in [0.2, 0.25) is 0 Å². The molecule has 0 aliphatic carbocycles. The summed E-state index contributed by atoms with van der Waals surface area (Å²) in [5, 5.41) is 0. The van der Waals surface area contributed by atoms with Crippen LogP contribution in [0.25, 0.3) is 0 Å². The third-order valence-electron chi connectivity index (χ3n) is 3.01. The van der Waals surface area contributed by atoms with E-state index in [1.807, 2.05) is 49.5 Å². The zero-order chi connectivity index (χ0) is 13.8. The highest BCUT2D eigenvalue weighted by Crippen LogP contribution is 2.29. The van der Waals surface area contributed by atoms with Gasteiger partial charge in [0.1, 0.15) is 5.75 Å². The van der Waals surface area contributed by atoms with Crippen molar-refractivity contribution < 1.29 is 4.74 Å². The lowest BCUT2D eigenvalue weighted by molar-refractivity contribution is 0.415.